The molecule has 8 aromatic rings. The first-order valence-corrected chi connectivity index (χ1v) is 25.9. The number of phenols is 4. The van der Waals surface area contributed by atoms with E-state index in [-0.39, 0.29) is 59.3 Å². The third-order valence-electron chi connectivity index (χ3n) is 11.7. The molecule has 444 valence electrons. The van der Waals surface area contributed by atoms with Crippen molar-refractivity contribution in [2.45, 2.75) is 26.1 Å². The first-order chi connectivity index (χ1) is 41.2. The van der Waals surface area contributed by atoms with Crippen LogP contribution in [0.15, 0.2) is 194 Å². The van der Waals surface area contributed by atoms with E-state index in [9.17, 15) is 58.8 Å². The van der Waals surface area contributed by atoms with Crippen molar-refractivity contribution in [3.8, 4) is 46.0 Å². The first-order valence-electron chi connectivity index (χ1n) is 25.9. The SMILES string of the molecule is COC(=O)C(C)Oc1ccc(C(=O)c2cccc(O)c2)cc1.COC(=O)C(C)Oc1cccc(C(=O)c2cccc(O)c2)c1.COC(=O)COc1ccc(C(=O)c2ccc(O)cc2)cc1.COC(=O)COc1cccc(C(=O)c2cccc(O)c2)c1. The Morgan fingerprint density at radius 3 is 1.00 bits per heavy atom. The van der Waals surface area contributed by atoms with Gasteiger partial charge in [0, 0.05) is 44.5 Å². The molecule has 0 aliphatic rings. The summed E-state index contributed by atoms with van der Waals surface area (Å²) in [6.45, 7) is 2.75. The van der Waals surface area contributed by atoms with Gasteiger partial charge in [0.2, 0.25) is 0 Å². The van der Waals surface area contributed by atoms with Crippen molar-refractivity contribution in [1.82, 2.24) is 0 Å². The highest BCUT2D eigenvalue weighted by atomic mass is 16.6. The highest BCUT2D eigenvalue weighted by Gasteiger charge is 2.19. The zero-order chi connectivity index (χ0) is 62.7. The van der Waals surface area contributed by atoms with Crippen LogP contribution in [0.4, 0.5) is 0 Å². The molecule has 0 saturated heterocycles. The lowest BCUT2D eigenvalue weighted by atomic mass is 10.0. The number of benzene rings is 8. The minimum absolute atomic E-state index is 0.0255. The number of methoxy groups -OCH3 is 4. The second-order valence-electron chi connectivity index (χ2n) is 17.9. The first kappa shape index (κ1) is 65.5. The molecule has 2 unspecified atom stereocenters. The summed E-state index contributed by atoms with van der Waals surface area (Å²) in [7, 11) is 5.13. The standard InChI is InChI=1S/2C17H16O5.2C16H14O5/c1-11(17(20)21-2)22-15-8-4-6-13(10-15)16(19)12-5-3-7-14(18)9-12;1-11(17(20)21-2)22-15-8-6-12(7-9-15)16(19)13-4-3-5-14(18)10-13;1-20-15(18)10-21-14-8-4-12(5-9-14)16(19)11-2-6-13(17)7-3-11;1-20-15(18)10-21-14-7-3-5-12(9-14)16(19)11-4-2-6-13(17)8-11/h2*3-11,18H,1-2H3;2*2-9,17H,10H2,1H3. The number of carbonyl (C=O) groups is 8. The van der Waals surface area contributed by atoms with Gasteiger partial charge in [0.1, 0.15) is 46.0 Å². The number of aromatic hydroxyl groups is 4. The summed E-state index contributed by atoms with van der Waals surface area (Å²) < 4.78 is 39.4. The minimum Gasteiger partial charge on any atom is -0.508 e. The van der Waals surface area contributed by atoms with E-state index in [1.165, 1.54) is 83.0 Å². The van der Waals surface area contributed by atoms with Crippen molar-refractivity contribution >= 4 is 47.0 Å². The monoisotopic (exact) mass is 1170 g/mol. The van der Waals surface area contributed by atoms with E-state index in [4.69, 9.17) is 18.9 Å². The molecular formula is C66H60O20. The van der Waals surface area contributed by atoms with Crippen molar-refractivity contribution in [3.05, 3.63) is 239 Å². The zero-order valence-electron chi connectivity index (χ0n) is 47.4. The van der Waals surface area contributed by atoms with Gasteiger partial charge in [0.15, 0.2) is 48.6 Å². The maximum absolute atomic E-state index is 12.4. The van der Waals surface area contributed by atoms with Crippen LogP contribution in [0.1, 0.15) is 77.5 Å². The average Bonchev–Trinajstić information content (AvgIpc) is 2.93. The number of ketones is 4. The summed E-state index contributed by atoms with van der Waals surface area (Å²) in [5.41, 5.74) is 3.39. The molecule has 0 amide bonds. The number of carbonyl (C=O) groups excluding carboxylic acids is 8. The molecule has 86 heavy (non-hydrogen) atoms. The molecular weight excluding hydrogens is 1110 g/mol. The smallest absolute Gasteiger partial charge is 0.346 e. The van der Waals surface area contributed by atoms with E-state index < -0.39 is 36.1 Å². The highest BCUT2D eigenvalue weighted by molar-refractivity contribution is 6.11. The lowest BCUT2D eigenvalue weighted by molar-refractivity contribution is -0.148. The lowest BCUT2D eigenvalue weighted by Crippen LogP contribution is -2.24. The van der Waals surface area contributed by atoms with Crippen molar-refractivity contribution in [3.63, 3.8) is 0 Å². The summed E-state index contributed by atoms with van der Waals surface area (Å²) in [5.74, 6) is -0.862. The quantitative estimate of drug-likeness (QED) is 0.0314. The van der Waals surface area contributed by atoms with Crippen LogP contribution >= 0.6 is 0 Å². The molecule has 20 nitrogen and oxygen atoms in total. The van der Waals surface area contributed by atoms with Gasteiger partial charge in [-0.1, -0.05) is 60.7 Å². The van der Waals surface area contributed by atoms with Crippen LogP contribution in [0.25, 0.3) is 0 Å². The van der Waals surface area contributed by atoms with Gasteiger partial charge >= 0.3 is 23.9 Å². The predicted molar refractivity (Wildman–Crippen MR) is 311 cm³/mol. The van der Waals surface area contributed by atoms with Gasteiger partial charge in [0.25, 0.3) is 0 Å². The van der Waals surface area contributed by atoms with Crippen LogP contribution in [0.3, 0.4) is 0 Å². The van der Waals surface area contributed by atoms with Gasteiger partial charge in [-0.05, 0) is 147 Å². The third kappa shape index (κ3) is 20.6. The molecule has 0 fully saturated rings. The van der Waals surface area contributed by atoms with Crippen LogP contribution in [0, 0.1) is 0 Å². The average molecular weight is 1170 g/mol. The number of phenolic OH excluding ortho intramolecular Hbond substituents is 4. The van der Waals surface area contributed by atoms with Gasteiger partial charge in [0.05, 0.1) is 28.4 Å². The molecule has 0 radical (unpaired) electrons. The van der Waals surface area contributed by atoms with Gasteiger partial charge in [-0.2, -0.15) is 0 Å². The van der Waals surface area contributed by atoms with Crippen LogP contribution < -0.4 is 18.9 Å². The van der Waals surface area contributed by atoms with Crippen LogP contribution in [-0.4, -0.2) is 121 Å². The summed E-state index contributed by atoms with van der Waals surface area (Å²) in [6, 6.07) is 50.2. The summed E-state index contributed by atoms with van der Waals surface area (Å²) in [6.07, 6.45) is -1.49. The van der Waals surface area contributed by atoms with Crippen LogP contribution in [0.2, 0.25) is 0 Å². The number of hydrogen-bond acceptors (Lipinski definition) is 20. The second-order valence-corrected chi connectivity index (χ2v) is 17.9. The maximum Gasteiger partial charge on any atom is 0.346 e. The highest BCUT2D eigenvalue weighted by Crippen LogP contribution is 2.24. The van der Waals surface area contributed by atoms with Crippen molar-refractivity contribution in [2.24, 2.45) is 0 Å². The number of esters is 4. The Balaban J connectivity index is 0.000000209. The summed E-state index contributed by atoms with van der Waals surface area (Å²) in [5, 5.41) is 37.5. The molecule has 0 aliphatic heterocycles. The Morgan fingerprint density at radius 2 is 0.616 bits per heavy atom. The summed E-state index contributed by atoms with van der Waals surface area (Å²) >= 11 is 0. The predicted octanol–water partition coefficient (Wildman–Crippen LogP) is 9.48. The lowest BCUT2D eigenvalue weighted by Gasteiger charge is -2.13. The van der Waals surface area contributed by atoms with Crippen molar-refractivity contribution in [2.75, 3.05) is 41.7 Å². The van der Waals surface area contributed by atoms with Gasteiger partial charge in [-0.3, -0.25) is 19.2 Å². The largest absolute Gasteiger partial charge is 0.508 e. The van der Waals surface area contributed by atoms with Crippen molar-refractivity contribution in [1.29, 1.82) is 0 Å². The molecule has 0 bridgehead atoms. The second kappa shape index (κ2) is 33.0. The molecule has 0 heterocycles. The zero-order valence-corrected chi connectivity index (χ0v) is 47.4. The minimum atomic E-state index is -0.767. The Bertz CT molecular complexity index is 3610. The van der Waals surface area contributed by atoms with E-state index in [1.807, 2.05) is 0 Å². The summed E-state index contributed by atoms with van der Waals surface area (Å²) in [4.78, 5) is 93.7. The maximum atomic E-state index is 12.4. The Kier molecular flexibility index (Phi) is 25.1. The molecule has 0 saturated carbocycles. The third-order valence-corrected chi connectivity index (χ3v) is 11.7. The fourth-order valence-electron chi connectivity index (χ4n) is 7.28. The van der Waals surface area contributed by atoms with Crippen molar-refractivity contribution < 1.29 is 96.7 Å². The van der Waals surface area contributed by atoms with Crippen LogP contribution in [0.5, 0.6) is 46.0 Å². The fraction of sp³-hybridized carbons (Fsp3) is 0.152. The molecule has 0 aromatic heterocycles. The molecule has 8 aromatic carbocycles. The van der Waals surface area contributed by atoms with E-state index >= 15 is 0 Å². The molecule has 4 N–H and O–H groups in total. The normalized spacial score (nSPS) is 10.8. The van der Waals surface area contributed by atoms with Gasteiger partial charge in [-0.15, -0.1) is 0 Å². The van der Waals surface area contributed by atoms with Gasteiger partial charge < -0.3 is 58.3 Å². The molecule has 20 heteroatoms. The van der Waals surface area contributed by atoms with E-state index in [0.717, 1.165) is 0 Å². The van der Waals surface area contributed by atoms with Gasteiger partial charge in [-0.25, -0.2) is 19.2 Å². The number of ether oxygens (including phenoxy) is 8. The molecule has 0 spiro atoms. The Morgan fingerprint density at radius 1 is 0.314 bits per heavy atom. The molecule has 8 rings (SSSR count). The fourth-order valence-corrected chi connectivity index (χ4v) is 7.28. The van der Waals surface area contributed by atoms with E-state index in [2.05, 4.69) is 18.9 Å². The topological polar surface area (TPSA) is 291 Å². The molecule has 0 aliphatic carbocycles. The molecule has 2 atom stereocenters. The number of rotatable bonds is 20. The number of hydrogen-bond donors (Lipinski definition) is 4. The van der Waals surface area contributed by atoms with E-state index in [1.54, 1.807) is 153 Å². The van der Waals surface area contributed by atoms with E-state index in [0.29, 0.717) is 67.5 Å². The Labute approximate surface area is 494 Å². The van der Waals surface area contributed by atoms with Crippen LogP contribution in [-0.2, 0) is 38.1 Å². The Hall–Kier alpha value is -11.3.